The summed E-state index contributed by atoms with van der Waals surface area (Å²) in [6.45, 7) is 1.90. The minimum atomic E-state index is -0.531. The second-order valence-corrected chi connectivity index (χ2v) is 6.46. The number of aromatic nitrogens is 2. The second-order valence-electron chi connectivity index (χ2n) is 6.46. The van der Waals surface area contributed by atoms with Gasteiger partial charge in [-0.2, -0.15) is 5.10 Å². The van der Waals surface area contributed by atoms with Gasteiger partial charge >= 0.3 is 0 Å². The van der Waals surface area contributed by atoms with Crippen molar-refractivity contribution in [3.63, 3.8) is 0 Å². The molecule has 4 rings (SSSR count). The Labute approximate surface area is 160 Å². The monoisotopic (exact) mass is 377 g/mol. The van der Waals surface area contributed by atoms with Crippen molar-refractivity contribution in [1.82, 2.24) is 14.9 Å². The van der Waals surface area contributed by atoms with E-state index in [1.807, 2.05) is 31.2 Å². The van der Waals surface area contributed by atoms with Crippen molar-refractivity contribution >= 4 is 11.4 Å². The summed E-state index contributed by atoms with van der Waals surface area (Å²) in [5.41, 5.74) is 3.07. The fraction of sp³-hybridized carbons (Fsp3) is 0.0909. The second kappa shape index (κ2) is 6.88. The number of halogens is 2. The number of hydrogen-bond donors (Lipinski definition) is 1. The lowest BCUT2D eigenvalue weighted by atomic mass is 9.99. The first-order valence-corrected chi connectivity index (χ1v) is 8.76. The number of amides is 1. The maximum Gasteiger partial charge on any atom is 0.255 e. The standard InChI is InChI=1S/C22H17F2N3O/c1-13-5-3-4-6-16(13)17-11-12-27-21(19(17)24)18(22(28)25-2)20(26-27)14-7-9-15(23)10-8-14/h3-12H,1-2H3,(H,25,28). The van der Waals surface area contributed by atoms with Crippen LogP contribution in [0.1, 0.15) is 15.9 Å². The molecule has 6 heteroatoms. The zero-order valence-corrected chi connectivity index (χ0v) is 15.3. The van der Waals surface area contributed by atoms with Gasteiger partial charge in [0.1, 0.15) is 17.0 Å². The van der Waals surface area contributed by atoms with E-state index in [1.165, 1.54) is 35.8 Å². The Balaban J connectivity index is 2.03. The van der Waals surface area contributed by atoms with Crippen LogP contribution in [0.5, 0.6) is 0 Å². The van der Waals surface area contributed by atoms with Crippen molar-refractivity contribution in [3.8, 4) is 22.4 Å². The van der Waals surface area contributed by atoms with Crippen molar-refractivity contribution in [2.24, 2.45) is 0 Å². The lowest BCUT2D eigenvalue weighted by Gasteiger charge is -2.09. The number of hydrogen-bond acceptors (Lipinski definition) is 2. The maximum atomic E-state index is 15.6. The molecular weight excluding hydrogens is 360 g/mol. The molecule has 0 bridgehead atoms. The molecule has 0 saturated heterocycles. The molecule has 0 spiro atoms. The van der Waals surface area contributed by atoms with Gasteiger partial charge in [-0.15, -0.1) is 0 Å². The quantitative estimate of drug-likeness (QED) is 0.567. The third kappa shape index (κ3) is 2.83. The molecule has 0 radical (unpaired) electrons. The third-order valence-electron chi connectivity index (χ3n) is 4.74. The fourth-order valence-corrected chi connectivity index (χ4v) is 3.33. The maximum absolute atomic E-state index is 15.6. The number of nitrogens with zero attached hydrogens (tertiary/aromatic N) is 2. The first kappa shape index (κ1) is 17.9. The van der Waals surface area contributed by atoms with Crippen LogP contribution in [-0.4, -0.2) is 22.6 Å². The smallest absolute Gasteiger partial charge is 0.255 e. The Kier molecular flexibility index (Phi) is 4.39. The van der Waals surface area contributed by atoms with Gasteiger partial charge in [0, 0.05) is 24.4 Å². The largest absolute Gasteiger partial charge is 0.355 e. The van der Waals surface area contributed by atoms with E-state index in [0.29, 0.717) is 16.8 Å². The van der Waals surface area contributed by atoms with Crippen LogP contribution in [0, 0.1) is 18.6 Å². The molecule has 0 saturated carbocycles. The third-order valence-corrected chi connectivity index (χ3v) is 4.74. The predicted octanol–water partition coefficient (Wildman–Crippen LogP) is 4.61. The number of fused-ring (bicyclic) bond motifs is 1. The van der Waals surface area contributed by atoms with Gasteiger partial charge in [0.15, 0.2) is 5.82 Å². The summed E-state index contributed by atoms with van der Waals surface area (Å²) >= 11 is 0. The summed E-state index contributed by atoms with van der Waals surface area (Å²) < 4.78 is 30.2. The number of carbonyl (C=O) groups is 1. The van der Waals surface area contributed by atoms with Gasteiger partial charge in [-0.25, -0.2) is 13.3 Å². The van der Waals surface area contributed by atoms with E-state index < -0.39 is 17.5 Å². The molecule has 4 nitrogen and oxygen atoms in total. The molecule has 0 fully saturated rings. The molecule has 0 aliphatic heterocycles. The lowest BCUT2D eigenvalue weighted by Crippen LogP contribution is -2.18. The Morgan fingerprint density at radius 1 is 1.00 bits per heavy atom. The molecule has 0 aliphatic rings. The highest BCUT2D eigenvalue weighted by Crippen LogP contribution is 2.33. The van der Waals surface area contributed by atoms with Crippen LogP contribution in [0.25, 0.3) is 27.9 Å². The van der Waals surface area contributed by atoms with Crippen molar-refractivity contribution in [1.29, 1.82) is 0 Å². The number of pyridine rings is 1. The molecule has 1 N–H and O–H groups in total. The molecule has 0 aliphatic carbocycles. The highest BCUT2D eigenvalue weighted by Gasteiger charge is 2.25. The average Bonchev–Trinajstić information content (AvgIpc) is 3.09. The number of nitrogens with one attached hydrogen (secondary N) is 1. The first-order chi connectivity index (χ1) is 13.5. The minimum Gasteiger partial charge on any atom is -0.355 e. The first-order valence-electron chi connectivity index (χ1n) is 8.76. The predicted molar refractivity (Wildman–Crippen MR) is 104 cm³/mol. The SMILES string of the molecule is CNC(=O)c1c(-c2ccc(F)cc2)nn2ccc(-c3ccccc3C)c(F)c12. The Morgan fingerprint density at radius 2 is 1.71 bits per heavy atom. The Hall–Kier alpha value is -3.54. The zero-order chi connectivity index (χ0) is 19.8. The fourth-order valence-electron chi connectivity index (χ4n) is 3.33. The molecule has 2 aromatic heterocycles. The van der Waals surface area contributed by atoms with E-state index >= 15 is 4.39 Å². The van der Waals surface area contributed by atoms with Crippen molar-refractivity contribution in [2.45, 2.75) is 6.92 Å². The Morgan fingerprint density at radius 3 is 2.39 bits per heavy atom. The van der Waals surface area contributed by atoms with E-state index in [2.05, 4.69) is 10.4 Å². The van der Waals surface area contributed by atoms with E-state index in [0.717, 1.165) is 11.1 Å². The van der Waals surface area contributed by atoms with Crippen LogP contribution in [0.4, 0.5) is 8.78 Å². The van der Waals surface area contributed by atoms with Crippen molar-refractivity contribution in [3.05, 3.63) is 83.6 Å². The number of aryl methyl sites for hydroxylation is 1. The Bertz CT molecular complexity index is 1200. The number of rotatable bonds is 3. The average molecular weight is 377 g/mol. The zero-order valence-electron chi connectivity index (χ0n) is 15.3. The summed E-state index contributed by atoms with van der Waals surface area (Å²) in [4.78, 5) is 12.6. The van der Waals surface area contributed by atoms with Crippen LogP contribution in [-0.2, 0) is 0 Å². The van der Waals surface area contributed by atoms with Crippen LogP contribution >= 0.6 is 0 Å². The van der Waals surface area contributed by atoms with Crippen LogP contribution in [0.3, 0.4) is 0 Å². The van der Waals surface area contributed by atoms with Crippen molar-refractivity contribution in [2.75, 3.05) is 7.05 Å². The van der Waals surface area contributed by atoms with E-state index in [-0.39, 0.29) is 11.1 Å². The molecule has 1 amide bonds. The highest BCUT2D eigenvalue weighted by molar-refractivity contribution is 6.07. The van der Waals surface area contributed by atoms with E-state index in [1.54, 1.807) is 12.3 Å². The summed E-state index contributed by atoms with van der Waals surface area (Å²) in [7, 11) is 1.48. The molecule has 28 heavy (non-hydrogen) atoms. The number of carbonyl (C=O) groups excluding carboxylic acids is 1. The van der Waals surface area contributed by atoms with E-state index in [4.69, 9.17) is 0 Å². The summed E-state index contributed by atoms with van der Waals surface area (Å²) in [5, 5.41) is 6.94. The van der Waals surface area contributed by atoms with Crippen LogP contribution < -0.4 is 5.32 Å². The molecule has 0 atom stereocenters. The molecule has 2 aromatic carbocycles. The summed E-state index contributed by atoms with van der Waals surface area (Å²) in [6, 6.07) is 14.7. The van der Waals surface area contributed by atoms with E-state index in [9.17, 15) is 9.18 Å². The summed E-state index contributed by atoms with van der Waals surface area (Å²) in [5.74, 6) is -1.39. The van der Waals surface area contributed by atoms with Crippen molar-refractivity contribution < 1.29 is 13.6 Å². The van der Waals surface area contributed by atoms with Gasteiger partial charge in [0.05, 0.1) is 5.56 Å². The minimum absolute atomic E-state index is 0.0828. The normalized spacial score (nSPS) is 11.0. The lowest BCUT2D eigenvalue weighted by molar-refractivity contribution is 0.0965. The molecule has 140 valence electrons. The van der Waals surface area contributed by atoms with Gasteiger partial charge in [0.2, 0.25) is 0 Å². The number of benzene rings is 2. The van der Waals surface area contributed by atoms with Gasteiger partial charge in [-0.3, -0.25) is 4.79 Å². The highest BCUT2D eigenvalue weighted by atomic mass is 19.1. The molecule has 0 unspecified atom stereocenters. The molecule has 2 heterocycles. The van der Waals surface area contributed by atoms with Gasteiger partial charge < -0.3 is 5.32 Å². The van der Waals surface area contributed by atoms with Gasteiger partial charge in [-0.05, 0) is 48.4 Å². The van der Waals surface area contributed by atoms with Gasteiger partial charge in [-0.1, -0.05) is 24.3 Å². The van der Waals surface area contributed by atoms with Crippen LogP contribution in [0.2, 0.25) is 0 Å². The summed E-state index contributed by atoms with van der Waals surface area (Å²) in [6.07, 6.45) is 1.62. The molecule has 4 aromatic rings. The topological polar surface area (TPSA) is 46.4 Å². The molecular formula is C22H17F2N3O. The van der Waals surface area contributed by atoms with Gasteiger partial charge in [0.25, 0.3) is 5.91 Å². The van der Waals surface area contributed by atoms with Crippen LogP contribution in [0.15, 0.2) is 60.8 Å².